The van der Waals surface area contributed by atoms with Gasteiger partial charge in [0.2, 0.25) is 0 Å². The van der Waals surface area contributed by atoms with Crippen LogP contribution in [0.2, 0.25) is 0 Å². The van der Waals surface area contributed by atoms with E-state index in [1.165, 1.54) is 41.2 Å². The van der Waals surface area contributed by atoms with Gasteiger partial charge in [-0.3, -0.25) is 19.3 Å². The van der Waals surface area contributed by atoms with Gasteiger partial charge >= 0.3 is 5.69 Å². The maximum absolute atomic E-state index is 15.3. The number of carbonyl (C=O) groups excluding carboxylic acids is 1. The minimum Gasteiger partial charge on any atom is -0.453 e. The highest BCUT2D eigenvalue weighted by Gasteiger charge is 2.26. The third kappa shape index (κ3) is 5.91. The minimum atomic E-state index is -0.883. The van der Waals surface area contributed by atoms with Crippen molar-refractivity contribution in [3.8, 4) is 17.2 Å². The second-order valence-electron chi connectivity index (χ2n) is 10.7. The van der Waals surface area contributed by atoms with E-state index in [1.54, 1.807) is 13.2 Å². The second kappa shape index (κ2) is 12.3. The summed E-state index contributed by atoms with van der Waals surface area (Å²) in [5.74, 6) is -1.55. The normalized spacial score (nSPS) is 13.8. The monoisotopic (exact) mass is 617 g/mol. The Balaban J connectivity index is 1.27. The predicted molar refractivity (Wildman–Crippen MR) is 162 cm³/mol. The molecule has 3 heterocycles. The summed E-state index contributed by atoms with van der Waals surface area (Å²) in [5.41, 5.74) is -1.23. The Kier molecular flexibility index (Phi) is 8.13. The largest absolute Gasteiger partial charge is 0.453 e. The zero-order chi connectivity index (χ0) is 31.7. The first-order chi connectivity index (χ1) is 21.7. The fraction of sp³-hybridized carbons (Fsp3) is 0.258. The van der Waals surface area contributed by atoms with Crippen LogP contribution in [0.5, 0.6) is 11.5 Å². The summed E-state index contributed by atoms with van der Waals surface area (Å²) in [7, 11) is 1.59. The third-order valence-corrected chi connectivity index (χ3v) is 7.54. The Morgan fingerprint density at radius 1 is 1.11 bits per heavy atom. The zero-order valence-electron chi connectivity index (χ0n) is 24.3. The van der Waals surface area contributed by atoms with Crippen molar-refractivity contribution in [2.24, 2.45) is 0 Å². The van der Waals surface area contributed by atoms with E-state index in [1.807, 2.05) is 6.92 Å². The highest BCUT2D eigenvalue weighted by atomic mass is 19.1. The van der Waals surface area contributed by atoms with Crippen molar-refractivity contribution in [3.63, 3.8) is 0 Å². The molecule has 0 aliphatic heterocycles. The summed E-state index contributed by atoms with van der Waals surface area (Å²) < 4.78 is 42.1. The van der Waals surface area contributed by atoms with E-state index in [9.17, 15) is 18.8 Å². The molecule has 232 valence electrons. The van der Waals surface area contributed by atoms with Crippen LogP contribution < -0.4 is 26.6 Å². The van der Waals surface area contributed by atoms with E-state index in [2.05, 4.69) is 25.8 Å². The fourth-order valence-electron chi connectivity index (χ4n) is 5.09. The number of hydrogen-bond acceptors (Lipinski definition) is 8. The van der Waals surface area contributed by atoms with Crippen LogP contribution in [0.25, 0.3) is 16.7 Å². The van der Waals surface area contributed by atoms with Gasteiger partial charge in [-0.2, -0.15) is 5.10 Å². The first-order valence-corrected chi connectivity index (χ1v) is 14.2. The second-order valence-corrected chi connectivity index (χ2v) is 10.7. The molecule has 1 atom stereocenters. The van der Waals surface area contributed by atoms with Gasteiger partial charge in [-0.1, -0.05) is 0 Å². The number of ether oxygens (including phenoxy) is 2. The Morgan fingerprint density at radius 3 is 2.58 bits per heavy atom. The standard InChI is InChI=1S/C31H29F2N7O5/c1-17(16-44-2)35-28-26-25(12-13-34-27(26)37-38-28)45-24-11-8-19(14-23(24)33)36-29(41)22-15-39(20-4-3-5-20)31(43)40(30(22)42)21-9-6-18(32)7-10-21/h6-15,17,20H,3-5,16H2,1-2H3,(H,36,41)(H2,34,35,37,38)/t17-/m0/s1. The number of rotatable bonds is 10. The van der Waals surface area contributed by atoms with Gasteiger partial charge in [0, 0.05) is 49.4 Å². The van der Waals surface area contributed by atoms with Gasteiger partial charge in [-0.15, -0.1) is 0 Å². The number of anilines is 2. The fourth-order valence-corrected chi connectivity index (χ4v) is 5.09. The first-order valence-electron chi connectivity index (χ1n) is 14.2. The van der Waals surface area contributed by atoms with Crippen molar-refractivity contribution in [1.82, 2.24) is 24.3 Å². The molecule has 0 bridgehead atoms. The highest BCUT2D eigenvalue weighted by molar-refractivity contribution is 6.04. The molecule has 0 spiro atoms. The molecule has 0 radical (unpaired) electrons. The SMILES string of the molecule is COC[C@H](C)Nc1n[nH]c2nccc(Oc3ccc(NC(=O)c4cn(C5CCC5)c(=O)n(-c5ccc(F)cc5)c4=O)cc3F)c12. The lowest BCUT2D eigenvalue weighted by molar-refractivity contribution is 0.102. The van der Waals surface area contributed by atoms with Crippen molar-refractivity contribution >= 4 is 28.4 Å². The molecule has 1 saturated carbocycles. The predicted octanol–water partition coefficient (Wildman–Crippen LogP) is 4.77. The summed E-state index contributed by atoms with van der Waals surface area (Å²) in [4.78, 5) is 44.3. The number of nitrogens with zero attached hydrogens (tertiary/aromatic N) is 4. The Labute approximate surface area is 254 Å². The molecule has 1 fully saturated rings. The van der Waals surface area contributed by atoms with E-state index in [-0.39, 0.29) is 40.5 Å². The zero-order valence-corrected chi connectivity index (χ0v) is 24.3. The Morgan fingerprint density at radius 2 is 1.89 bits per heavy atom. The van der Waals surface area contributed by atoms with Gasteiger partial charge < -0.3 is 20.1 Å². The molecule has 0 saturated heterocycles. The number of benzene rings is 2. The van der Waals surface area contributed by atoms with Gasteiger partial charge in [0.1, 0.15) is 22.5 Å². The summed E-state index contributed by atoms with van der Waals surface area (Å²) in [6.45, 7) is 2.34. The van der Waals surface area contributed by atoms with Crippen molar-refractivity contribution in [2.75, 3.05) is 24.4 Å². The molecule has 12 nitrogen and oxygen atoms in total. The maximum Gasteiger partial charge on any atom is 0.335 e. The van der Waals surface area contributed by atoms with Crippen LogP contribution >= 0.6 is 0 Å². The van der Waals surface area contributed by atoms with Gasteiger partial charge in [-0.25, -0.2) is 23.1 Å². The van der Waals surface area contributed by atoms with Crippen molar-refractivity contribution in [1.29, 1.82) is 0 Å². The molecule has 6 rings (SSSR count). The van der Waals surface area contributed by atoms with Crippen LogP contribution in [0.3, 0.4) is 0 Å². The van der Waals surface area contributed by atoms with Gasteiger partial charge in [-0.05, 0) is 62.6 Å². The Bertz CT molecular complexity index is 2000. The van der Waals surface area contributed by atoms with Gasteiger partial charge in [0.05, 0.1) is 12.3 Å². The molecule has 1 aliphatic carbocycles. The number of nitrogens with one attached hydrogen (secondary N) is 3. The first kappa shape index (κ1) is 29.7. The average molecular weight is 618 g/mol. The number of carbonyl (C=O) groups is 1. The van der Waals surface area contributed by atoms with E-state index >= 15 is 4.39 Å². The van der Waals surface area contributed by atoms with E-state index in [4.69, 9.17) is 9.47 Å². The molecule has 1 amide bonds. The number of hydrogen-bond donors (Lipinski definition) is 3. The third-order valence-electron chi connectivity index (χ3n) is 7.54. The summed E-state index contributed by atoms with van der Waals surface area (Å²) in [6, 6.07) is 9.95. The number of aromatic amines is 1. The smallest absolute Gasteiger partial charge is 0.335 e. The molecule has 14 heteroatoms. The number of aromatic nitrogens is 5. The van der Waals surface area contributed by atoms with Crippen molar-refractivity contribution in [2.45, 2.75) is 38.3 Å². The highest BCUT2D eigenvalue weighted by Crippen LogP contribution is 2.35. The maximum atomic E-state index is 15.3. The van der Waals surface area contributed by atoms with Crippen molar-refractivity contribution < 1.29 is 23.0 Å². The van der Waals surface area contributed by atoms with Gasteiger partial charge in [0.15, 0.2) is 23.0 Å². The number of halogens is 2. The lowest BCUT2D eigenvalue weighted by Gasteiger charge is -2.28. The molecule has 0 unspecified atom stereocenters. The van der Waals surface area contributed by atoms with Crippen LogP contribution in [0.15, 0.2) is 70.5 Å². The van der Waals surface area contributed by atoms with Gasteiger partial charge in [0.25, 0.3) is 11.5 Å². The number of pyridine rings is 1. The summed E-state index contributed by atoms with van der Waals surface area (Å²) in [6.07, 6.45) is 5.05. The molecule has 3 aromatic heterocycles. The van der Waals surface area contributed by atoms with Crippen LogP contribution in [0.1, 0.15) is 42.6 Å². The molecule has 3 N–H and O–H groups in total. The van der Waals surface area contributed by atoms with Crippen LogP contribution in [0.4, 0.5) is 20.3 Å². The lowest BCUT2D eigenvalue weighted by atomic mass is 9.93. The van der Waals surface area contributed by atoms with Crippen LogP contribution in [0, 0.1) is 11.6 Å². The number of fused-ring (bicyclic) bond motifs is 1. The minimum absolute atomic E-state index is 0.0536. The lowest BCUT2D eigenvalue weighted by Crippen LogP contribution is -2.44. The molecule has 2 aromatic carbocycles. The average Bonchev–Trinajstić information content (AvgIpc) is 3.39. The summed E-state index contributed by atoms with van der Waals surface area (Å²) in [5, 5.41) is 13.3. The Hall–Kier alpha value is -5.37. The quantitative estimate of drug-likeness (QED) is 0.203. The molecular formula is C31H29F2N7O5. The number of amides is 1. The van der Waals surface area contributed by atoms with Crippen LogP contribution in [-0.4, -0.2) is 50.0 Å². The number of H-pyrrole nitrogens is 1. The number of methoxy groups -OCH3 is 1. The molecule has 5 aromatic rings. The van der Waals surface area contributed by atoms with E-state index in [0.29, 0.717) is 36.3 Å². The molecule has 45 heavy (non-hydrogen) atoms. The molecule has 1 aliphatic rings. The van der Waals surface area contributed by atoms with E-state index < -0.39 is 28.8 Å². The van der Waals surface area contributed by atoms with E-state index in [0.717, 1.165) is 29.2 Å². The topological polar surface area (TPSA) is 145 Å². The van der Waals surface area contributed by atoms with Crippen molar-refractivity contribution in [3.05, 3.63) is 99.0 Å². The summed E-state index contributed by atoms with van der Waals surface area (Å²) >= 11 is 0. The van der Waals surface area contributed by atoms with Crippen LogP contribution in [-0.2, 0) is 4.74 Å². The molecular weight excluding hydrogens is 588 g/mol.